The second-order valence-corrected chi connectivity index (χ2v) is 6.50. The lowest BCUT2D eigenvalue weighted by molar-refractivity contribution is -0.135. The van der Waals surface area contributed by atoms with E-state index in [-0.39, 0.29) is 5.60 Å². The molecule has 21 heavy (non-hydrogen) atoms. The maximum atomic E-state index is 6.20. The molecule has 0 amide bonds. The number of rotatable bonds is 8. The van der Waals surface area contributed by atoms with Gasteiger partial charge in [0.1, 0.15) is 0 Å². The van der Waals surface area contributed by atoms with Crippen molar-refractivity contribution in [3.05, 3.63) is 0 Å². The molecule has 2 rings (SSSR count). The quantitative estimate of drug-likeness (QED) is 0.642. The van der Waals surface area contributed by atoms with Gasteiger partial charge in [0.2, 0.25) is 0 Å². The maximum absolute atomic E-state index is 6.20. The zero-order chi connectivity index (χ0) is 15.0. The Morgan fingerprint density at radius 2 is 1.81 bits per heavy atom. The normalized spacial score (nSPS) is 23.7. The van der Waals surface area contributed by atoms with Gasteiger partial charge in [-0.3, -0.25) is 4.90 Å². The van der Waals surface area contributed by atoms with E-state index in [2.05, 4.69) is 23.6 Å². The lowest BCUT2D eigenvalue weighted by Crippen LogP contribution is -2.56. The molecule has 2 aliphatic rings. The van der Waals surface area contributed by atoms with Crippen molar-refractivity contribution in [2.24, 2.45) is 0 Å². The van der Waals surface area contributed by atoms with Crippen LogP contribution in [-0.4, -0.2) is 74.5 Å². The Balaban J connectivity index is 1.64. The highest BCUT2D eigenvalue weighted by Gasteiger charge is 2.39. The molecule has 2 fully saturated rings. The van der Waals surface area contributed by atoms with Crippen LogP contribution in [0.4, 0.5) is 0 Å². The molecular weight excluding hydrogens is 264 g/mol. The second-order valence-electron chi connectivity index (χ2n) is 6.50. The van der Waals surface area contributed by atoms with Crippen LogP contribution in [0.15, 0.2) is 0 Å². The van der Waals surface area contributed by atoms with Crippen molar-refractivity contribution in [3.63, 3.8) is 0 Å². The minimum atomic E-state index is 0.162. The van der Waals surface area contributed by atoms with Gasteiger partial charge in [-0.15, -0.1) is 0 Å². The Morgan fingerprint density at radius 1 is 1.00 bits per heavy atom. The fourth-order valence-electron chi connectivity index (χ4n) is 3.55. The van der Waals surface area contributed by atoms with Gasteiger partial charge in [0, 0.05) is 39.4 Å². The molecular formula is C17H34N2O2. The first-order valence-electron chi connectivity index (χ1n) is 8.94. The van der Waals surface area contributed by atoms with Crippen molar-refractivity contribution < 1.29 is 9.47 Å². The number of piperidine rings is 1. The van der Waals surface area contributed by atoms with Gasteiger partial charge in [0.25, 0.3) is 0 Å². The Morgan fingerprint density at radius 3 is 2.52 bits per heavy atom. The molecule has 0 aromatic rings. The van der Waals surface area contributed by atoms with Crippen molar-refractivity contribution in [1.82, 2.24) is 9.80 Å². The number of likely N-dealkylation sites (tertiary alicyclic amines) is 1. The van der Waals surface area contributed by atoms with Crippen LogP contribution in [0.25, 0.3) is 0 Å². The third kappa shape index (κ3) is 5.51. The van der Waals surface area contributed by atoms with Gasteiger partial charge in [0.15, 0.2) is 0 Å². The highest BCUT2D eigenvalue weighted by Crippen LogP contribution is 2.30. The zero-order valence-electron chi connectivity index (χ0n) is 14.1. The first-order valence-corrected chi connectivity index (χ1v) is 8.94. The molecule has 2 saturated heterocycles. The molecule has 2 aliphatic heterocycles. The molecule has 0 aliphatic carbocycles. The van der Waals surface area contributed by atoms with Crippen LogP contribution < -0.4 is 0 Å². The third-order valence-corrected chi connectivity index (χ3v) is 5.01. The number of ether oxygens (including phenoxy) is 2. The molecule has 124 valence electrons. The second kappa shape index (κ2) is 9.09. The fourth-order valence-corrected chi connectivity index (χ4v) is 3.55. The number of nitrogens with zero attached hydrogens (tertiary/aromatic N) is 2. The molecule has 0 radical (unpaired) electrons. The van der Waals surface area contributed by atoms with Crippen LogP contribution in [0.1, 0.15) is 46.0 Å². The van der Waals surface area contributed by atoms with E-state index in [9.17, 15) is 0 Å². The minimum absolute atomic E-state index is 0.162. The first-order chi connectivity index (χ1) is 10.3. The SMILES string of the molecule is CCOCCCCCN1CCOC2(CCN(CC)CC2)C1. The molecule has 0 aromatic heterocycles. The van der Waals surface area contributed by atoms with Gasteiger partial charge in [-0.05, 0) is 52.1 Å². The van der Waals surface area contributed by atoms with Crippen molar-refractivity contribution >= 4 is 0 Å². The van der Waals surface area contributed by atoms with Gasteiger partial charge < -0.3 is 14.4 Å². The van der Waals surface area contributed by atoms with Crippen LogP contribution in [0, 0.1) is 0 Å². The Hall–Kier alpha value is -0.160. The number of hydrogen-bond donors (Lipinski definition) is 0. The number of morpholine rings is 1. The van der Waals surface area contributed by atoms with E-state index < -0.39 is 0 Å². The molecule has 4 heteroatoms. The van der Waals surface area contributed by atoms with Crippen molar-refractivity contribution in [2.75, 3.05) is 59.1 Å². The summed E-state index contributed by atoms with van der Waals surface area (Å²) in [6.07, 6.45) is 6.20. The molecule has 0 aromatic carbocycles. The maximum Gasteiger partial charge on any atom is 0.0833 e. The van der Waals surface area contributed by atoms with Crippen LogP contribution in [-0.2, 0) is 9.47 Å². The molecule has 0 N–H and O–H groups in total. The summed E-state index contributed by atoms with van der Waals surface area (Å²) >= 11 is 0. The average molecular weight is 298 g/mol. The van der Waals surface area contributed by atoms with Gasteiger partial charge in [-0.1, -0.05) is 6.92 Å². The molecule has 0 unspecified atom stereocenters. The van der Waals surface area contributed by atoms with Crippen molar-refractivity contribution in [1.29, 1.82) is 0 Å². The lowest BCUT2D eigenvalue weighted by atomic mass is 9.89. The van der Waals surface area contributed by atoms with Gasteiger partial charge in [-0.2, -0.15) is 0 Å². The lowest BCUT2D eigenvalue weighted by Gasteiger charge is -2.47. The number of hydrogen-bond acceptors (Lipinski definition) is 4. The molecule has 0 atom stereocenters. The van der Waals surface area contributed by atoms with E-state index in [0.29, 0.717) is 0 Å². The Labute approximate surface area is 130 Å². The van der Waals surface area contributed by atoms with Gasteiger partial charge in [0.05, 0.1) is 12.2 Å². The Kier molecular flexibility index (Phi) is 7.44. The summed E-state index contributed by atoms with van der Waals surface area (Å²) < 4.78 is 11.6. The summed E-state index contributed by atoms with van der Waals surface area (Å²) in [5, 5.41) is 0. The first kappa shape index (κ1) is 17.2. The van der Waals surface area contributed by atoms with E-state index in [1.165, 1.54) is 58.3 Å². The van der Waals surface area contributed by atoms with Crippen LogP contribution in [0.2, 0.25) is 0 Å². The van der Waals surface area contributed by atoms with Crippen molar-refractivity contribution in [3.8, 4) is 0 Å². The minimum Gasteiger partial charge on any atom is -0.382 e. The van der Waals surface area contributed by atoms with E-state index >= 15 is 0 Å². The predicted octanol–water partition coefficient (Wildman–Crippen LogP) is 2.38. The monoisotopic (exact) mass is 298 g/mol. The van der Waals surface area contributed by atoms with E-state index in [4.69, 9.17) is 9.47 Å². The molecule has 2 heterocycles. The molecule has 0 saturated carbocycles. The standard InChI is InChI=1S/C17H34N2O2/c1-3-18-11-8-17(9-12-18)16-19(13-15-21-17)10-6-5-7-14-20-4-2/h3-16H2,1-2H3. The fraction of sp³-hybridized carbons (Fsp3) is 1.00. The highest BCUT2D eigenvalue weighted by molar-refractivity contribution is 4.92. The van der Waals surface area contributed by atoms with Crippen molar-refractivity contribution in [2.45, 2.75) is 51.6 Å². The van der Waals surface area contributed by atoms with E-state index in [1.807, 2.05) is 0 Å². The summed E-state index contributed by atoms with van der Waals surface area (Å²) in [7, 11) is 0. The van der Waals surface area contributed by atoms with Crippen LogP contribution >= 0.6 is 0 Å². The topological polar surface area (TPSA) is 24.9 Å². The number of unbranched alkanes of at least 4 members (excludes halogenated alkanes) is 2. The largest absolute Gasteiger partial charge is 0.382 e. The van der Waals surface area contributed by atoms with Gasteiger partial charge in [-0.25, -0.2) is 0 Å². The predicted molar refractivity (Wildman–Crippen MR) is 86.8 cm³/mol. The van der Waals surface area contributed by atoms with Crippen LogP contribution in [0.3, 0.4) is 0 Å². The average Bonchev–Trinajstić information content (AvgIpc) is 2.52. The zero-order valence-corrected chi connectivity index (χ0v) is 14.1. The van der Waals surface area contributed by atoms with E-state index in [0.717, 1.165) is 32.9 Å². The summed E-state index contributed by atoms with van der Waals surface area (Å²) in [5.74, 6) is 0. The summed E-state index contributed by atoms with van der Waals surface area (Å²) in [6, 6.07) is 0. The smallest absolute Gasteiger partial charge is 0.0833 e. The summed E-state index contributed by atoms with van der Waals surface area (Å²) in [4.78, 5) is 5.17. The highest BCUT2D eigenvalue weighted by atomic mass is 16.5. The van der Waals surface area contributed by atoms with Crippen LogP contribution in [0.5, 0.6) is 0 Å². The van der Waals surface area contributed by atoms with Gasteiger partial charge >= 0.3 is 0 Å². The molecule has 1 spiro atoms. The van der Waals surface area contributed by atoms with E-state index in [1.54, 1.807) is 0 Å². The summed E-state index contributed by atoms with van der Waals surface area (Å²) in [5.41, 5.74) is 0.162. The third-order valence-electron chi connectivity index (χ3n) is 5.01. The molecule has 0 bridgehead atoms. The Bertz CT molecular complexity index is 278. The molecule has 4 nitrogen and oxygen atoms in total. The summed E-state index contributed by atoms with van der Waals surface area (Å²) in [6.45, 7) is 14.1.